The van der Waals surface area contributed by atoms with Gasteiger partial charge in [-0.3, -0.25) is 14.4 Å². The van der Waals surface area contributed by atoms with Crippen LogP contribution >= 0.6 is 11.8 Å². The number of Topliss-reactive ketones (excluding diaryl/α,β-unsaturated/α-hetero) is 1. The van der Waals surface area contributed by atoms with Gasteiger partial charge in [0.1, 0.15) is 12.4 Å². The summed E-state index contributed by atoms with van der Waals surface area (Å²) in [6, 6.07) is 26.6. The number of allylic oxidation sites excluding steroid dienone is 3. The van der Waals surface area contributed by atoms with Crippen LogP contribution in [0.25, 0.3) is 0 Å². The van der Waals surface area contributed by atoms with Crippen LogP contribution in [0.15, 0.2) is 101 Å². The normalized spacial score (nSPS) is 16.2. The Balaban J connectivity index is 1.32. The monoisotopic (exact) mass is 578 g/mol. The van der Waals surface area contributed by atoms with Crippen molar-refractivity contribution in [1.29, 1.82) is 5.26 Å². The average Bonchev–Trinajstić information content (AvgIpc) is 3.00. The number of carbonyl (C=O) groups is 3. The van der Waals surface area contributed by atoms with Crippen molar-refractivity contribution < 1.29 is 19.1 Å². The second-order valence-corrected chi connectivity index (χ2v) is 11.0. The molecule has 0 saturated carbocycles. The predicted molar refractivity (Wildman–Crippen MR) is 163 cm³/mol. The van der Waals surface area contributed by atoms with Crippen LogP contribution < -0.4 is 20.7 Å². The Morgan fingerprint density at radius 1 is 0.976 bits per heavy atom. The summed E-state index contributed by atoms with van der Waals surface area (Å²) in [5.74, 6) is -0.136. The van der Waals surface area contributed by atoms with Gasteiger partial charge >= 0.3 is 0 Å². The van der Waals surface area contributed by atoms with E-state index >= 15 is 0 Å². The van der Waals surface area contributed by atoms with E-state index in [4.69, 9.17) is 4.74 Å². The van der Waals surface area contributed by atoms with Crippen molar-refractivity contribution in [3.05, 3.63) is 112 Å². The van der Waals surface area contributed by atoms with E-state index in [2.05, 4.69) is 22.0 Å². The molecule has 1 aliphatic heterocycles. The molecule has 3 aromatic carbocycles. The molecule has 1 atom stereocenters. The number of nitrogens with zero attached hydrogens (tertiary/aromatic N) is 1. The molecule has 0 aromatic heterocycles. The summed E-state index contributed by atoms with van der Waals surface area (Å²) < 4.78 is 5.94. The van der Waals surface area contributed by atoms with Gasteiger partial charge in [0.05, 0.1) is 28.3 Å². The Bertz CT molecular complexity index is 1590. The number of hydrogen-bond acceptors (Lipinski definition) is 7. The van der Waals surface area contributed by atoms with E-state index in [1.165, 1.54) is 18.7 Å². The SMILES string of the molecule is CC(=O)Nc1ccc(NC(=O)CSC2=C(C#N)C(c3ccc(OCc4ccccc4)cc3)C3=C(CCCC3=O)N2)cc1. The van der Waals surface area contributed by atoms with Gasteiger partial charge in [0.25, 0.3) is 0 Å². The minimum Gasteiger partial charge on any atom is -0.489 e. The number of ketones is 1. The standard InChI is InChI=1S/C33H30N4O4S/c1-21(38)35-24-12-14-25(15-13-24)36-30(40)20-42-33-27(18-34)31(32-28(37-33)8-5-9-29(32)39)23-10-16-26(17-11-23)41-19-22-6-3-2-4-7-22/h2-4,6-7,10-17,31,37H,5,8-9,19-20H2,1H3,(H,35,38)(H,36,40). The fraction of sp³-hybridized carbons (Fsp3) is 0.212. The second-order valence-electron chi connectivity index (χ2n) is 10.0. The van der Waals surface area contributed by atoms with Crippen molar-refractivity contribution in [2.24, 2.45) is 0 Å². The Morgan fingerprint density at radius 2 is 1.67 bits per heavy atom. The molecule has 212 valence electrons. The second kappa shape index (κ2) is 13.2. The maximum atomic E-state index is 13.1. The van der Waals surface area contributed by atoms with E-state index in [1.54, 1.807) is 24.3 Å². The topological polar surface area (TPSA) is 120 Å². The molecular formula is C33H30N4O4S. The van der Waals surface area contributed by atoms with Gasteiger partial charge in [-0.1, -0.05) is 54.2 Å². The molecule has 5 rings (SSSR count). The van der Waals surface area contributed by atoms with E-state index in [0.717, 1.165) is 23.2 Å². The smallest absolute Gasteiger partial charge is 0.234 e. The molecule has 0 bridgehead atoms. The molecule has 8 nitrogen and oxygen atoms in total. The summed E-state index contributed by atoms with van der Waals surface area (Å²) in [5, 5.41) is 19.7. The van der Waals surface area contributed by atoms with Crippen LogP contribution in [0, 0.1) is 11.3 Å². The summed E-state index contributed by atoms with van der Waals surface area (Å²) >= 11 is 1.24. The number of carbonyl (C=O) groups excluding carboxylic acids is 3. The summed E-state index contributed by atoms with van der Waals surface area (Å²) in [5.41, 5.74) is 4.98. The highest BCUT2D eigenvalue weighted by molar-refractivity contribution is 8.03. The van der Waals surface area contributed by atoms with Crippen LogP contribution in [-0.4, -0.2) is 23.4 Å². The number of thioether (sulfide) groups is 1. The van der Waals surface area contributed by atoms with Crippen molar-refractivity contribution in [2.45, 2.75) is 38.7 Å². The van der Waals surface area contributed by atoms with Gasteiger partial charge in [0.15, 0.2) is 5.78 Å². The van der Waals surface area contributed by atoms with Gasteiger partial charge < -0.3 is 20.7 Å². The Labute approximate surface area is 248 Å². The molecule has 1 heterocycles. The van der Waals surface area contributed by atoms with Crippen molar-refractivity contribution in [2.75, 3.05) is 16.4 Å². The highest BCUT2D eigenvalue weighted by atomic mass is 32.2. The zero-order valence-electron chi connectivity index (χ0n) is 23.1. The van der Waals surface area contributed by atoms with Gasteiger partial charge in [-0.15, -0.1) is 0 Å². The summed E-state index contributed by atoms with van der Waals surface area (Å²) in [6.07, 6.45) is 1.88. The fourth-order valence-electron chi connectivity index (χ4n) is 5.04. The number of benzene rings is 3. The molecule has 0 radical (unpaired) electrons. The number of nitrogens with one attached hydrogen (secondary N) is 3. The molecule has 3 N–H and O–H groups in total. The molecular weight excluding hydrogens is 548 g/mol. The lowest BCUT2D eigenvalue weighted by atomic mass is 9.77. The molecule has 0 fully saturated rings. The minimum absolute atomic E-state index is 0.0374. The molecule has 0 spiro atoms. The quantitative estimate of drug-likeness (QED) is 0.284. The van der Waals surface area contributed by atoms with Crippen LogP contribution in [0.2, 0.25) is 0 Å². The number of rotatable bonds is 9. The third-order valence-corrected chi connectivity index (χ3v) is 7.98. The summed E-state index contributed by atoms with van der Waals surface area (Å²) in [4.78, 5) is 37.1. The van der Waals surface area contributed by atoms with Crippen LogP contribution in [-0.2, 0) is 21.0 Å². The van der Waals surface area contributed by atoms with Crippen molar-refractivity contribution in [3.8, 4) is 11.8 Å². The van der Waals surface area contributed by atoms with Crippen molar-refractivity contribution in [3.63, 3.8) is 0 Å². The maximum Gasteiger partial charge on any atom is 0.234 e. The largest absolute Gasteiger partial charge is 0.489 e. The first-order chi connectivity index (χ1) is 20.4. The van der Waals surface area contributed by atoms with Gasteiger partial charge in [0.2, 0.25) is 11.8 Å². The molecule has 1 unspecified atom stereocenters. The third-order valence-electron chi connectivity index (χ3n) is 6.96. The number of amides is 2. The van der Waals surface area contributed by atoms with Gasteiger partial charge in [-0.05, 0) is 60.4 Å². The molecule has 3 aromatic rings. The fourth-order valence-corrected chi connectivity index (χ4v) is 5.91. The Morgan fingerprint density at radius 3 is 2.33 bits per heavy atom. The van der Waals surface area contributed by atoms with E-state index in [-0.39, 0.29) is 23.4 Å². The molecule has 2 aliphatic rings. The van der Waals surface area contributed by atoms with E-state index in [9.17, 15) is 19.6 Å². The highest BCUT2D eigenvalue weighted by Crippen LogP contribution is 2.44. The highest BCUT2D eigenvalue weighted by Gasteiger charge is 2.37. The third kappa shape index (κ3) is 6.90. The number of dihydropyridines is 1. The molecule has 1 aliphatic carbocycles. The van der Waals surface area contributed by atoms with E-state index in [1.807, 2.05) is 54.6 Å². The van der Waals surface area contributed by atoms with Gasteiger partial charge in [-0.25, -0.2) is 0 Å². The minimum atomic E-state index is -0.519. The summed E-state index contributed by atoms with van der Waals surface area (Å²) in [6.45, 7) is 1.87. The number of anilines is 2. The van der Waals surface area contributed by atoms with Crippen LogP contribution in [0.3, 0.4) is 0 Å². The lowest BCUT2D eigenvalue weighted by Crippen LogP contribution is -2.31. The first-order valence-corrected chi connectivity index (χ1v) is 14.6. The van der Waals surface area contributed by atoms with Crippen LogP contribution in [0.5, 0.6) is 5.75 Å². The average molecular weight is 579 g/mol. The Kier molecular flexibility index (Phi) is 9.05. The first-order valence-electron chi connectivity index (χ1n) is 13.7. The molecule has 0 saturated heterocycles. The molecule has 9 heteroatoms. The van der Waals surface area contributed by atoms with Crippen LogP contribution in [0.4, 0.5) is 11.4 Å². The van der Waals surface area contributed by atoms with Crippen LogP contribution in [0.1, 0.15) is 43.2 Å². The first kappa shape index (κ1) is 28.7. The number of hydrogen-bond donors (Lipinski definition) is 3. The van der Waals surface area contributed by atoms with Gasteiger partial charge in [0, 0.05) is 36.0 Å². The van der Waals surface area contributed by atoms with Crippen molar-refractivity contribution in [1.82, 2.24) is 5.32 Å². The lowest BCUT2D eigenvalue weighted by Gasteiger charge is -2.33. The molecule has 2 amide bonds. The Hall–Kier alpha value is -4.81. The lowest BCUT2D eigenvalue weighted by molar-refractivity contribution is -0.116. The zero-order chi connectivity index (χ0) is 29.5. The van der Waals surface area contributed by atoms with Crippen molar-refractivity contribution >= 4 is 40.7 Å². The van der Waals surface area contributed by atoms with E-state index in [0.29, 0.717) is 52.7 Å². The van der Waals surface area contributed by atoms with Gasteiger partial charge in [-0.2, -0.15) is 5.26 Å². The maximum absolute atomic E-state index is 13.1. The summed E-state index contributed by atoms with van der Waals surface area (Å²) in [7, 11) is 0. The predicted octanol–water partition coefficient (Wildman–Crippen LogP) is 6.02. The van der Waals surface area contributed by atoms with E-state index < -0.39 is 5.92 Å². The molecule has 42 heavy (non-hydrogen) atoms. The number of ether oxygens (including phenoxy) is 1. The zero-order valence-corrected chi connectivity index (χ0v) is 23.9. The number of nitriles is 1.